The molecule has 1 atom stereocenters. The molecule has 0 aliphatic carbocycles. The van der Waals surface area contributed by atoms with Gasteiger partial charge in [0, 0.05) is 25.0 Å². The largest absolute Gasteiger partial charge is 0.444 e. The molecule has 34 heavy (non-hydrogen) atoms. The van der Waals surface area contributed by atoms with Gasteiger partial charge in [0.2, 0.25) is 0 Å². The smallest absolute Gasteiger partial charge is 0.408 e. The third-order valence-electron chi connectivity index (χ3n) is 4.70. The number of hydrogen-bond acceptors (Lipinski definition) is 7. The van der Waals surface area contributed by atoms with Gasteiger partial charge in [0.1, 0.15) is 21.7 Å². The van der Waals surface area contributed by atoms with E-state index in [0.29, 0.717) is 17.3 Å². The highest BCUT2D eigenvalue weighted by atomic mass is 32.1. The maximum absolute atomic E-state index is 13.4. The summed E-state index contributed by atoms with van der Waals surface area (Å²) >= 11 is 1.39. The van der Waals surface area contributed by atoms with Crippen molar-refractivity contribution in [1.82, 2.24) is 15.3 Å². The van der Waals surface area contributed by atoms with Gasteiger partial charge in [-0.2, -0.15) is 0 Å². The molecule has 2 amide bonds. The Morgan fingerprint density at radius 2 is 1.88 bits per heavy atom. The van der Waals surface area contributed by atoms with Crippen LogP contribution in [0.5, 0.6) is 0 Å². The van der Waals surface area contributed by atoms with Crippen molar-refractivity contribution >= 4 is 28.3 Å². The highest BCUT2D eigenvalue weighted by molar-refractivity contribution is 7.19. The van der Waals surface area contributed by atoms with Crippen LogP contribution in [0, 0.1) is 6.92 Å². The van der Waals surface area contributed by atoms with Crippen molar-refractivity contribution in [2.45, 2.75) is 45.9 Å². The topological polar surface area (TPSA) is 93.7 Å². The van der Waals surface area contributed by atoms with Gasteiger partial charge in [0.05, 0.1) is 18.9 Å². The number of pyridine rings is 1. The van der Waals surface area contributed by atoms with E-state index in [1.165, 1.54) is 16.2 Å². The van der Waals surface area contributed by atoms with Crippen LogP contribution >= 0.6 is 11.3 Å². The van der Waals surface area contributed by atoms with Gasteiger partial charge in [-0.1, -0.05) is 41.7 Å². The lowest BCUT2D eigenvalue weighted by Crippen LogP contribution is -2.51. The van der Waals surface area contributed by atoms with E-state index in [9.17, 15) is 9.59 Å². The van der Waals surface area contributed by atoms with Crippen molar-refractivity contribution < 1.29 is 19.1 Å². The predicted molar refractivity (Wildman–Crippen MR) is 133 cm³/mol. The number of aryl methyl sites for hydroxylation is 1. The van der Waals surface area contributed by atoms with Crippen LogP contribution in [-0.4, -0.2) is 47.3 Å². The third-order valence-corrected chi connectivity index (χ3v) is 5.98. The van der Waals surface area contributed by atoms with Crippen LogP contribution < -0.4 is 10.2 Å². The SMILES string of the molecule is Cc1nc(-c2cccnc2)sc1N(C)C(=O)C(COCc1ccccc1)NC(=O)OC(C)(C)C. The zero-order valence-electron chi connectivity index (χ0n) is 20.1. The Bertz CT molecular complexity index is 1100. The van der Waals surface area contributed by atoms with Gasteiger partial charge in [-0.15, -0.1) is 0 Å². The average Bonchev–Trinajstić information content (AvgIpc) is 3.19. The van der Waals surface area contributed by atoms with E-state index in [1.54, 1.807) is 40.2 Å². The zero-order valence-corrected chi connectivity index (χ0v) is 20.9. The fraction of sp³-hybridized carbons (Fsp3) is 0.360. The number of nitrogens with zero attached hydrogens (tertiary/aromatic N) is 3. The van der Waals surface area contributed by atoms with E-state index in [4.69, 9.17) is 9.47 Å². The number of thiazole rings is 1. The molecule has 1 unspecified atom stereocenters. The first-order valence-corrected chi connectivity index (χ1v) is 11.7. The summed E-state index contributed by atoms with van der Waals surface area (Å²) < 4.78 is 11.1. The normalized spacial score (nSPS) is 12.1. The number of nitrogens with one attached hydrogen (secondary N) is 1. The summed E-state index contributed by atoms with van der Waals surface area (Å²) in [5, 5.41) is 4.11. The molecule has 0 radical (unpaired) electrons. The molecule has 1 N–H and O–H groups in total. The second-order valence-corrected chi connectivity index (χ2v) is 9.73. The van der Waals surface area contributed by atoms with E-state index < -0.39 is 17.7 Å². The monoisotopic (exact) mass is 482 g/mol. The second-order valence-electron chi connectivity index (χ2n) is 8.75. The first-order valence-electron chi connectivity index (χ1n) is 10.9. The molecular formula is C25H30N4O4S. The van der Waals surface area contributed by atoms with Crippen LogP contribution in [0.15, 0.2) is 54.9 Å². The number of hydrogen-bond donors (Lipinski definition) is 1. The maximum atomic E-state index is 13.4. The number of amides is 2. The third kappa shape index (κ3) is 7.10. The highest BCUT2D eigenvalue weighted by Crippen LogP contribution is 2.33. The van der Waals surface area contributed by atoms with Crippen LogP contribution in [0.4, 0.5) is 9.80 Å². The van der Waals surface area contributed by atoms with E-state index in [1.807, 2.05) is 49.4 Å². The molecule has 8 nitrogen and oxygen atoms in total. The highest BCUT2D eigenvalue weighted by Gasteiger charge is 2.29. The summed E-state index contributed by atoms with van der Waals surface area (Å²) in [6.07, 6.45) is 2.75. The van der Waals surface area contributed by atoms with Crippen molar-refractivity contribution in [3.63, 3.8) is 0 Å². The van der Waals surface area contributed by atoms with Crippen LogP contribution in [-0.2, 0) is 20.9 Å². The fourth-order valence-electron chi connectivity index (χ4n) is 3.14. The quantitative estimate of drug-likeness (QED) is 0.505. The number of benzene rings is 1. The van der Waals surface area contributed by atoms with Gasteiger partial charge in [-0.25, -0.2) is 9.78 Å². The lowest BCUT2D eigenvalue weighted by Gasteiger charge is -2.26. The molecule has 0 saturated heterocycles. The minimum absolute atomic E-state index is 0.00930. The summed E-state index contributed by atoms with van der Waals surface area (Å²) in [5.74, 6) is -0.330. The molecule has 3 rings (SSSR count). The van der Waals surface area contributed by atoms with E-state index in [-0.39, 0.29) is 12.5 Å². The Hall–Kier alpha value is -3.30. The lowest BCUT2D eigenvalue weighted by atomic mass is 10.2. The minimum Gasteiger partial charge on any atom is -0.444 e. The zero-order chi connectivity index (χ0) is 24.7. The number of carbonyl (C=O) groups is 2. The van der Waals surface area contributed by atoms with E-state index in [0.717, 1.165) is 16.1 Å². The first kappa shape index (κ1) is 25.3. The van der Waals surface area contributed by atoms with Gasteiger partial charge in [-0.05, 0) is 45.4 Å². The van der Waals surface area contributed by atoms with Crippen molar-refractivity contribution in [2.24, 2.45) is 0 Å². The number of ether oxygens (including phenoxy) is 2. The van der Waals surface area contributed by atoms with Crippen molar-refractivity contribution in [1.29, 1.82) is 0 Å². The van der Waals surface area contributed by atoms with Gasteiger partial charge < -0.3 is 19.7 Å². The fourth-order valence-corrected chi connectivity index (χ4v) is 4.16. The average molecular weight is 483 g/mol. The molecule has 9 heteroatoms. The summed E-state index contributed by atoms with van der Waals surface area (Å²) in [6, 6.07) is 12.4. The molecule has 0 spiro atoms. The van der Waals surface area contributed by atoms with Crippen molar-refractivity contribution in [2.75, 3.05) is 18.6 Å². The molecule has 0 aliphatic heterocycles. The standard InChI is InChI=1S/C25H30N4O4S/c1-17-23(34-21(27-17)19-12-9-13-26-14-19)29(5)22(30)20(28-24(31)33-25(2,3)4)16-32-15-18-10-7-6-8-11-18/h6-14,20H,15-16H2,1-5H3,(H,28,31). The molecule has 0 saturated carbocycles. The van der Waals surface area contributed by atoms with E-state index >= 15 is 0 Å². The molecule has 180 valence electrons. The molecule has 2 heterocycles. The maximum Gasteiger partial charge on any atom is 0.408 e. The number of aromatic nitrogens is 2. The molecule has 2 aromatic heterocycles. The Labute approximate surface area is 203 Å². The summed E-state index contributed by atoms with van der Waals surface area (Å²) in [4.78, 5) is 36.1. The molecular weight excluding hydrogens is 452 g/mol. The van der Waals surface area contributed by atoms with Gasteiger partial charge in [-0.3, -0.25) is 9.78 Å². The Kier molecular flexibility index (Phi) is 8.36. The summed E-state index contributed by atoms with van der Waals surface area (Å²) in [5.41, 5.74) is 1.86. The predicted octanol–water partition coefficient (Wildman–Crippen LogP) is 4.59. The van der Waals surface area contributed by atoms with Crippen molar-refractivity contribution in [3.8, 4) is 10.6 Å². The molecule has 0 bridgehead atoms. The minimum atomic E-state index is -0.938. The molecule has 1 aromatic carbocycles. The van der Waals surface area contributed by atoms with E-state index in [2.05, 4.69) is 15.3 Å². The van der Waals surface area contributed by atoms with Gasteiger partial charge >= 0.3 is 6.09 Å². The van der Waals surface area contributed by atoms with Crippen LogP contribution in [0.25, 0.3) is 10.6 Å². The van der Waals surface area contributed by atoms with Crippen LogP contribution in [0.2, 0.25) is 0 Å². The Balaban J connectivity index is 1.76. The van der Waals surface area contributed by atoms with Gasteiger partial charge in [0.15, 0.2) is 0 Å². The number of carbonyl (C=O) groups excluding carboxylic acids is 2. The molecule has 0 fully saturated rings. The van der Waals surface area contributed by atoms with Crippen molar-refractivity contribution in [3.05, 3.63) is 66.1 Å². The molecule has 3 aromatic rings. The van der Waals surface area contributed by atoms with Crippen LogP contribution in [0.3, 0.4) is 0 Å². The number of alkyl carbamates (subject to hydrolysis) is 1. The summed E-state index contributed by atoms with van der Waals surface area (Å²) in [6.45, 7) is 7.45. The van der Waals surface area contributed by atoms with Crippen LogP contribution in [0.1, 0.15) is 32.0 Å². The number of rotatable bonds is 8. The second kappa shape index (κ2) is 11.2. The number of likely N-dealkylation sites (N-methyl/N-ethyl adjacent to an activating group) is 1. The Morgan fingerprint density at radius 3 is 2.53 bits per heavy atom. The van der Waals surface area contributed by atoms with Gasteiger partial charge in [0.25, 0.3) is 5.91 Å². The summed E-state index contributed by atoms with van der Waals surface area (Å²) in [7, 11) is 1.66. The first-order chi connectivity index (χ1) is 16.1. The lowest BCUT2D eigenvalue weighted by molar-refractivity contribution is -0.122. The Morgan fingerprint density at radius 1 is 1.15 bits per heavy atom. The molecule has 0 aliphatic rings. The number of anilines is 1.